The minimum absolute atomic E-state index is 0.745. The van der Waals surface area contributed by atoms with Crippen LogP contribution in [0.3, 0.4) is 0 Å². The third-order valence-electron chi connectivity index (χ3n) is 4.44. The number of halogens is 10. The first-order chi connectivity index (χ1) is 13.2. The van der Waals surface area contributed by atoms with E-state index in [4.69, 9.17) is 10.00 Å². The second-order valence-corrected chi connectivity index (χ2v) is 6.13. The Hall–Kier alpha value is -2.07. The molecule has 2 atom stereocenters. The molecule has 0 saturated carbocycles. The van der Waals surface area contributed by atoms with Crippen molar-refractivity contribution in [1.29, 1.82) is 5.26 Å². The summed E-state index contributed by atoms with van der Waals surface area (Å²) in [6.07, 6.45) is -20.1. The van der Waals surface area contributed by atoms with Crippen LogP contribution in [-0.2, 0) is 9.47 Å². The summed E-state index contributed by atoms with van der Waals surface area (Å²) in [7, 11) is 0. The highest BCUT2D eigenvalue weighted by Gasteiger charge is 2.77. The number of hydrogen-bond acceptors (Lipinski definition) is 3. The van der Waals surface area contributed by atoms with Crippen LogP contribution in [0, 0.1) is 35.7 Å². The minimum atomic E-state index is -6.48. The first kappa shape index (κ1) is 23.2. The summed E-state index contributed by atoms with van der Waals surface area (Å²) in [4.78, 5) is 0. The highest BCUT2D eigenvalue weighted by molar-refractivity contribution is 5.44. The van der Waals surface area contributed by atoms with Gasteiger partial charge in [-0.1, -0.05) is 0 Å². The van der Waals surface area contributed by atoms with E-state index in [2.05, 4.69) is 4.74 Å². The predicted octanol–water partition coefficient (Wildman–Crippen LogP) is 4.96. The van der Waals surface area contributed by atoms with Crippen molar-refractivity contribution in [2.75, 3.05) is 13.2 Å². The minimum Gasteiger partial charge on any atom is -0.372 e. The van der Waals surface area contributed by atoms with Gasteiger partial charge >= 0.3 is 18.0 Å². The van der Waals surface area contributed by atoms with Gasteiger partial charge in [0.25, 0.3) is 0 Å². The zero-order valence-electron chi connectivity index (χ0n) is 14.3. The molecule has 2 unspecified atom stereocenters. The van der Waals surface area contributed by atoms with Crippen LogP contribution in [0.2, 0.25) is 0 Å². The zero-order chi connectivity index (χ0) is 22.4. The molecule has 0 aromatic heterocycles. The lowest BCUT2D eigenvalue weighted by Gasteiger charge is -2.36. The first-order valence-electron chi connectivity index (χ1n) is 7.81. The summed E-state index contributed by atoms with van der Waals surface area (Å²) in [5, 5.41) is 8.75. The third kappa shape index (κ3) is 3.75. The van der Waals surface area contributed by atoms with Gasteiger partial charge in [-0.3, -0.25) is 0 Å². The number of alkyl halides is 7. The van der Waals surface area contributed by atoms with Crippen molar-refractivity contribution in [3.05, 3.63) is 34.1 Å². The fraction of sp³-hybridized carbons (Fsp3) is 0.562. The van der Waals surface area contributed by atoms with E-state index >= 15 is 0 Å². The average Bonchev–Trinajstić information content (AvgIpc) is 2.84. The molecule has 0 amide bonds. The van der Waals surface area contributed by atoms with E-state index in [1.165, 1.54) is 6.07 Å². The number of nitrogens with zero attached hydrogens (tertiary/aromatic N) is 1. The summed E-state index contributed by atoms with van der Waals surface area (Å²) in [5.74, 6) is -5.53. The van der Waals surface area contributed by atoms with Crippen molar-refractivity contribution in [2.24, 2.45) is 0 Å². The molecule has 13 heteroatoms. The zero-order valence-corrected chi connectivity index (χ0v) is 14.3. The van der Waals surface area contributed by atoms with Gasteiger partial charge in [0, 0.05) is 12.0 Å². The number of ether oxygens (including phenoxy) is 2. The highest BCUT2D eigenvalue weighted by Crippen LogP contribution is 2.51. The van der Waals surface area contributed by atoms with E-state index in [9.17, 15) is 43.9 Å². The standard InChI is InChI=1S/C16H11F10NO2/c1-6-7(5-27)12(18)13(19)10(11(6)17)8-4-9(29-3-2-28-8)14(20,15(21,22)23)16(24,25)26/h8-9H,2-4H2,1H3. The summed E-state index contributed by atoms with van der Waals surface area (Å²) >= 11 is 0. The Labute approximate surface area is 156 Å². The second kappa shape index (κ2) is 7.64. The van der Waals surface area contributed by atoms with E-state index in [1.807, 2.05) is 0 Å². The smallest absolute Gasteiger partial charge is 0.372 e. The number of hydrogen-bond donors (Lipinski definition) is 0. The van der Waals surface area contributed by atoms with Gasteiger partial charge in [-0.05, 0) is 6.92 Å². The molecule has 29 heavy (non-hydrogen) atoms. The topological polar surface area (TPSA) is 42.2 Å². The summed E-state index contributed by atoms with van der Waals surface area (Å²) in [6, 6.07) is 1.18. The Morgan fingerprint density at radius 3 is 1.86 bits per heavy atom. The number of rotatable bonds is 2. The van der Waals surface area contributed by atoms with Gasteiger partial charge in [-0.15, -0.1) is 0 Å². The summed E-state index contributed by atoms with van der Waals surface area (Å²) < 4.78 is 144. The van der Waals surface area contributed by atoms with Gasteiger partial charge in [0.1, 0.15) is 18.0 Å². The van der Waals surface area contributed by atoms with Crippen LogP contribution in [0.1, 0.15) is 29.2 Å². The lowest BCUT2D eigenvalue weighted by molar-refractivity contribution is -0.368. The molecule has 2 rings (SSSR count). The lowest BCUT2D eigenvalue weighted by atomic mass is 9.89. The van der Waals surface area contributed by atoms with Crippen LogP contribution in [0.15, 0.2) is 0 Å². The van der Waals surface area contributed by atoms with Crippen molar-refractivity contribution in [2.45, 2.75) is 43.6 Å². The Morgan fingerprint density at radius 2 is 1.38 bits per heavy atom. The SMILES string of the molecule is Cc1c(F)c(C2CC(C(F)(C(F)(F)F)C(F)(F)F)OCCO2)c(F)c(F)c1C#N. The molecule has 3 nitrogen and oxygen atoms in total. The second-order valence-electron chi connectivity index (χ2n) is 6.13. The van der Waals surface area contributed by atoms with E-state index < -0.39 is 84.0 Å². The van der Waals surface area contributed by atoms with Gasteiger partial charge in [0.15, 0.2) is 11.6 Å². The van der Waals surface area contributed by atoms with Crippen LogP contribution >= 0.6 is 0 Å². The Bertz CT molecular complexity index is 784. The molecular formula is C16H11F10NO2. The van der Waals surface area contributed by atoms with E-state index in [1.54, 1.807) is 0 Å². The molecule has 1 aliphatic heterocycles. The van der Waals surface area contributed by atoms with Crippen LogP contribution in [0.5, 0.6) is 0 Å². The number of nitriles is 1. The molecular weight excluding hydrogens is 428 g/mol. The van der Waals surface area contributed by atoms with Crippen LogP contribution in [-0.4, -0.2) is 37.3 Å². The molecule has 1 aromatic rings. The number of benzene rings is 1. The molecule has 0 spiro atoms. The molecule has 1 saturated heterocycles. The molecule has 162 valence electrons. The van der Waals surface area contributed by atoms with E-state index in [-0.39, 0.29) is 0 Å². The van der Waals surface area contributed by atoms with Crippen molar-refractivity contribution < 1.29 is 53.4 Å². The monoisotopic (exact) mass is 439 g/mol. The van der Waals surface area contributed by atoms with Crippen molar-refractivity contribution >= 4 is 0 Å². The summed E-state index contributed by atoms with van der Waals surface area (Å²) in [5.41, 5.74) is -9.03. The molecule has 1 aromatic carbocycles. The van der Waals surface area contributed by atoms with Crippen LogP contribution < -0.4 is 0 Å². The maximum Gasteiger partial charge on any atom is 0.434 e. The molecule has 1 aliphatic rings. The molecule has 1 heterocycles. The lowest BCUT2D eigenvalue weighted by Crippen LogP contribution is -2.61. The van der Waals surface area contributed by atoms with E-state index in [0.717, 1.165) is 6.92 Å². The van der Waals surface area contributed by atoms with Gasteiger partial charge < -0.3 is 9.47 Å². The predicted molar refractivity (Wildman–Crippen MR) is 74.8 cm³/mol. The van der Waals surface area contributed by atoms with Crippen LogP contribution in [0.25, 0.3) is 0 Å². The normalized spacial score (nSPS) is 21.6. The first-order valence-corrected chi connectivity index (χ1v) is 7.81. The Balaban J connectivity index is 2.60. The third-order valence-corrected chi connectivity index (χ3v) is 4.44. The molecule has 0 N–H and O–H groups in total. The quantitative estimate of drug-likeness (QED) is 0.483. The van der Waals surface area contributed by atoms with E-state index in [0.29, 0.717) is 0 Å². The van der Waals surface area contributed by atoms with Crippen LogP contribution in [0.4, 0.5) is 43.9 Å². The molecule has 0 bridgehead atoms. The van der Waals surface area contributed by atoms with Crippen molar-refractivity contribution in [1.82, 2.24) is 0 Å². The fourth-order valence-corrected chi connectivity index (χ4v) is 2.93. The van der Waals surface area contributed by atoms with Gasteiger partial charge in [-0.2, -0.15) is 31.6 Å². The maximum absolute atomic E-state index is 14.5. The molecule has 1 fully saturated rings. The van der Waals surface area contributed by atoms with Crippen molar-refractivity contribution in [3.8, 4) is 6.07 Å². The van der Waals surface area contributed by atoms with Gasteiger partial charge in [0.05, 0.1) is 30.4 Å². The van der Waals surface area contributed by atoms with Crippen molar-refractivity contribution in [3.63, 3.8) is 0 Å². The Morgan fingerprint density at radius 1 is 0.862 bits per heavy atom. The largest absolute Gasteiger partial charge is 0.434 e. The molecule has 0 aliphatic carbocycles. The summed E-state index contributed by atoms with van der Waals surface area (Å²) in [6.45, 7) is -0.873. The Kier molecular flexibility index (Phi) is 6.11. The maximum atomic E-state index is 14.5. The average molecular weight is 439 g/mol. The highest BCUT2D eigenvalue weighted by atomic mass is 19.4. The fourth-order valence-electron chi connectivity index (χ4n) is 2.93. The van der Waals surface area contributed by atoms with Gasteiger partial charge in [-0.25, -0.2) is 17.6 Å². The van der Waals surface area contributed by atoms with Gasteiger partial charge in [0.2, 0.25) is 0 Å². The molecule has 0 radical (unpaired) electrons.